The molecular formula is C11H24ClN3O. The molecular weight excluding hydrogens is 226 g/mol. The molecule has 1 saturated heterocycles. The average Bonchev–Trinajstić information content (AvgIpc) is 2.68. The molecule has 1 rings (SSSR count). The Bertz CT molecular complexity index is 196. The second kappa shape index (κ2) is 8.79. The molecule has 16 heavy (non-hydrogen) atoms. The highest BCUT2D eigenvalue weighted by Crippen LogP contribution is 2.09. The van der Waals surface area contributed by atoms with E-state index in [2.05, 4.69) is 22.5 Å². The van der Waals surface area contributed by atoms with Gasteiger partial charge in [0.15, 0.2) is 0 Å². The van der Waals surface area contributed by atoms with Crippen molar-refractivity contribution in [3.63, 3.8) is 0 Å². The summed E-state index contributed by atoms with van der Waals surface area (Å²) in [5, 5.41) is 5.77. The molecule has 4 nitrogen and oxygen atoms in total. The van der Waals surface area contributed by atoms with E-state index in [0.717, 1.165) is 13.1 Å². The zero-order valence-electron chi connectivity index (χ0n) is 10.3. The van der Waals surface area contributed by atoms with Crippen LogP contribution in [-0.2, 0) is 4.79 Å². The maximum absolute atomic E-state index is 11.2. The molecule has 1 atom stereocenters. The molecule has 5 heteroatoms. The predicted octanol–water partition coefficient (Wildman–Crippen LogP) is 0.476. The van der Waals surface area contributed by atoms with Crippen molar-refractivity contribution < 1.29 is 4.79 Å². The van der Waals surface area contributed by atoms with Gasteiger partial charge < -0.3 is 15.5 Å². The van der Waals surface area contributed by atoms with Crippen LogP contribution in [0.1, 0.15) is 19.8 Å². The first kappa shape index (κ1) is 15.7. The van der Waals surface area contributed by atoms with E-state index >= 15 is 0 Å². The Morgan fingerprint density at radius 3 is 2.56 bits per heavy atom. The fourth-order valence-corrected chi connectivity index (χ4v) is 1.98. The van der Waals surface area contributed by atoms with E-state index < -0.39 is 0 Å². The van der Waals surface area contributed by atoms with Crippen LogP contribution in [0.4, 0.5) is 0 Å². The zero-order chi connectivity index (χ0) is 11.1. The van der Waals surface area contributed by atoms with E-state index in [1.807, 2.05) is 0 Å². The summed E-state index contributed by atoms with van der Waals surface area (Å²) in [5.74, 6) is 0.634. The molecule has 0 aromatic carbocycles. The van der Waals surface area contributed by atoms with Gasteiger partial charge in [-0.15, -0.1) is 12.4 Å². The van der Waals surface area contributed by atoms with Gasteiger partial charge in [-0.05, 0) is 38.9 Å². The fourth-order valence-electron chi connectivity index (χ4n) is 1.98. The molecule has 0 aliphatic carbocycles. The molecule has 0 spiro atoms. The maximum Gasteiger partial charge on any atom is 0.233 e. The molecule has 1 unspecified atom stereocenters. The molecule has 1 heterocycles. The quantitative estimate of drug-likeness (QED) is 0.720. The highest BCUT2D eigenvalue weighted by Gasteiger charge is 2.14. The van der Waals surface area contributed by atoms with Crippen molar-refractivity contribution in [3.8, 4) is 0 Å². The number of carbonyl (C=O) groups is 1. The monoisotopic (exact) mass is 249 g/mol. The lowest BCUT2D eigenvalue weighted by molar-refractivity contribution is -0.120. The minimum atomic E-state index is 0. The van der Waals surface area contributed by atoms with Gasteiger partial charge >= 0.3 is 0 Å². The van der Waals surface area contributed by atoms with Crippen LogP contribution in [0.15, 0.2) is 0 Å². The highest BCUT2D eigenvalue weighted by molar-refractivity contribution is 5.85. The van der Waals surface area contributed by atoms with Gasteiger partial charge in [-0.1, -0.05) is 6.92 Å². The Hall–Kier alpha value is -0.320. The van der Waals surface area contributed by atoms with Crippen LogP contribution >= 0.6 is 12.4 Å². The summed E-state index contributed by atoms with van der Waals surface area (Å²) in [5.41, 5.74) is 0. The van der Waals surface area contributed by atoms with Crippen LogP contribution < -0.4 is 10.6 Å². The Morgan fingerprint density at radius 2 is 2.00 bits per heavy atom. The van der Waals surface area contributed by atoms with Crippen molar-refractivity contribution in [1.82, 2.24) is 15.5 Å². The lowest BCUT2D eigenvalue weighted by Gasteiger charge is -2.20. The van der Waals surface area contributed by atoms with Crippen molar-refractivity contribution in [2.45, 2.75) is 19.8 Å². The number of nitrogens with zero attached hydrogens (tertiary/aromatic N) is 1. The molecule has 0 aromatic heterocycles. The molecule has 1 aliphatic heterocycles. The number of likely N-dealkylation sites (N-methyl/N-ethyl adjacent to an activating group) is 1. The Labute approximate surface area is 105 Å². The molecule has 0 saturated carbocycles. The van der Waals surface area contributed by atoms with Gasteiger partial charge in [0.05, 0.1) is 6.54 Å². The number of carbonyl (C=O) groups excluding carboxylic acids is 1. The van der Waals surface area contributed by atoms with Crippen LogP contribution in [0.5, 0.6) is 0 Å². The molecule has 0 bridgehead atoms. The molecule has 1 aliphatic rings. The van der Waals surface area contributed by atoms with Gasteiger partial charge in [-0.2, -0.15) is 0 Å². The highest BCUT2D eigenvalue weighted by atomic mass is 35.5. The molecule has 96 valence electrons. The summed E-state index contributed by atoms with van der Waals surface area (Å²) >= 11 is 0. The number of likely N-dealkylation sites (tertiary alicyclic amines) is 1. The second-order valence-electron chi connectivity index (χ2n) is 4.45. The SMILES string of the molecule is CNCC(=O)NCC(C)CN1CCCC1.Cl. The summed E-state index contributed by atoms with van der Waals surface area (Å²) in [6, 6.07) is 0. The number of nitrogens with one attached hydrogen (secondary N) is 2. The molecule has 0 aromatic rings. The molecule has 1 fully saturated rings. The summed E-state index contributed by atoms with van der Waals surface area (Å²) in [6.07, 6.45) is 2.66. The van der Waals surface area contributed by atoms with Crippen molar-refractivity contribution in [3.05, 3.63) is 0 Å². The van der Waals surface area contributed by atoms with E-state index in [4.69, 9.17) is 0 Å². The van der Waals surface area contributed by atoms with Crippen LogP contribution in [-0.4, -0.2) is 50.6 Å². The Morgan fingerprint density at radius 1 is 1.38 bits per heavy atom. The van der Waals surface area contributed by atoms with E-state index in [0.29, 0.717) is 12.5 Å². The predicted molar refractivity (Wildman–Crippen MR) is 69.0 cm³/mol. The zero-order valence-corrected chi connectivity index (χ0v) is 11.1. The topological polar surface area (TPSA) is 44.4 Å². The lowest BCUT2D eigenvalue weighted by atomic mass is 10.1. The normalized spacial score (nSPS) is 17.9. The summed E-state index contributed by atoms with van der Waals surface area (Å²) in [6.45, 7) is 6.97. The van der Waals surface area contributed by atoms with Gasteiger partial charge in [0.2, 0.25) is 5.91 Å². The van der Waals surface area contributed by atoms with E-state index in [-0.39, 0.29) is 18.3 Å². The van der Waals surface area contributed by atoms with Crippen molar-refractivity contribution in [2.75, 3.05) is 39.8 Å². The number of hydrogen-bond donors (Lipinski definition) is 2. The van der Waals surface area contributed by atoms with E-state index in [1.54, 1.807) is 7.05 Å². The minimum Gasteiger partial charge on any atom is -0.355 e. The van der Waals surface area contributed by atoms with E-state index in [9.17, 15) is 4.79 Å². The lowest BCUT2D eigenvalue weighted by Crippen LogP contribution is -2.37. The van der Waals surface area contributed by atoms with Crippen molar-refractivity contribution in [2.24, 2.45) is 5.92 Å². The smallest absolute Gasteiger partial charge is 0.233 e. The fraction of sp³-hybridized carbons (Fsp3) is 0.909. The molecule has 2 N–H and O–H groups in total. The summed E-state index contributed by atoms with van der Waals surface area (Å²) in [7, 11) is 1.78. The third kappa shape index (κ3) is 6.30. The van der Waals surface area contributed by atoms with Gasteiger partial charge in [0.1, 0.15) is 0 Å². The van der Waals surface area contributed by atoms with Crippen LogP contribution in [0.3, 0.4) is 0 Å². The maximum atomic E-state index is 11.2. The minimum absolute atomic E-state index is 0. The van der Waals surface area contributed by atoms with Crippen molar-refractivity contribution >= 4 is 18.3 Å². The molecule has 0 radical (unpaired) electrons. The van der Waals surface area contributed by atoms with Gasteiger partial charge in [-0.3, -0.25) is 4.79 Å². The Balaban J connectivity index is 0.00000225. The first-order chi connectivity index (χ1) is 7.22. The van der Waals surface area contributed by atoms with Gasteiger partial charge in [-0.25, -0.2) is 0 Å². The van der Waals surface area contributed by atoms with Crippen molar-refractivity contribution in [1.29, 1.82) is 0 Å². The van der Waals surface area contributed by atoms with Crippen LogP contribution in [0.2, 0.25) is 0 Å². The van der Waals surface area contributed by atoms with Crippen LogP contribution in [0.25, 0.3) is 0 Å². The largest absolute Gasteiger partial charge is 0.355 e. The first-order valence-electron chi connectivity index (χ1n) is 5.86. The second-order valence-corrected chi connectivity index (χ2v) is 4.45. The molecule has 1 amide bonds. The summed E-state index contributed by atoms with van der Waals surface area (Å²) in [4.78, 5) is 13.7. The standard InChI is InChI=1S/C11H23N3O.ClH/c1-10(7-13-11(15)8-12-2)9-14-5-3-4-6-14;/h10,12H,3-9H2,1-2H3,(H,13,15);1H. The number of amides is 1. The Kier molecular flexibility index (Phi) is 8.61. The van der Waals surface area contributed by atoms with Gasteiger partial charge in [0.25, 0.3) is 0 Å². The van der Waals surface area contributed by atoms with Crippen LogP contribution in [0, 0.1) is 5.92 Å². The van der Waals surface area contributed by atoms with E-state index in [1.165, 1.54) is 25.9 Å². The average molecular weight is 250 g/mol. The third-order valence-electron chi connectivity index (χ3n) is 2.75. The number of hydrogen-bond acceptors (Lipinski definition) is 3. The third-order valence-corrected chi connectivity index (χ3v) is 2.75. The van der Waals surface area contributed by atoms with Gasteiger partial charge in [0, 0.05) is 13.1 Å². The summed E-state index contributed by atoms with van der Waals surface area (Å²) < 4.78 is 0. The number of rotatable bonds is 6. The number of halogens is 1. The first-order valence-corrected chi connectivity index (χ1v) is 5.86.